The number of sulfonamides is 1. The number of carbonyl (C=O) groups is 1. The van der Waals surface area contributed by atoms with E-state index in [1.165, 1.54) is 11.3 Å². The lowest BCUT2D eigenvalue weighted by Crippen LogP contribution is -2.35. The minimum absolute atomic E-state index is 0.125. The van der Waals surface area contributed by atoms with Gasteiger partial charge >= 0.3 is 0 Å². The second-order valence-corrected chi connectivity index (χ2v) is 8.20. The minimum Gasteiger partial charge on any atom is -0.354 e. The van der Waals surface area contributed by atoms with E-state index in [9.17, 15) is 13.2 Å². The SMILES string of the molecule is Cc1ccc(S(=O)(=O)NCCNC(=O)Cc2cn3ccsc3n2)cc1. The van der Waals surface area contributed by atoms with Crippen LogP contribution in [0.1, 0.15) is 11.3 Å². The van der Waals surface area contributed by atoms with Crippen LogP contribution < -0.4 is 10.0 Å². The highest BCUT2D eigenvalue weighted by Crippen LogP contribution is 2.11. The highest BCUT2D eigenvalue weighted by atomic mass is 32.2. The predicted octanol–water partition coefficient (Wildman–Crippen LogP) is 1.34. The van der Waals surface area contributed by atoms with E-state index >= 15 is 0 Å². The van der Waals surface area contributed by atoms with Crippen LogP contribution in [0.2, 0.25) is 0 Å². The van der Waals surface area contributed by atoms with Gasteiger partial charge in [-0.05, 0) is 19.1 Å². The number of fused-ring (bicyclic) bond motifs is 1. The molecule has 0 atom stereocenters. The largest absolute Gasteiger partial charge is 0.354 e. The van der Waals surface area contributed by atoms with Crippen molar-refractivity contribution in [2.24, 2.45) is 0 Å². The maximum absolute atomic E-state index is 12.1. The first-order valence-corrected chi connectivity index (χ1v) is 10.0. The number of aromatic nitrogens is 2. The number of nitrogens with zero attached hydrogens (tertiary/aromatic N) is 2. The van der Waals surface area contributed by atoms with Crippen molar-refractivity contribution in [2.75, 3.05) is 13.1 Å². The molecule has 0 unspecified atom stereocenters. The zero-order chi connectivity index (χ0) is 17.9. The highest BCUT2D eigenvalue weighted by Gasteiger charge is 2.13. The van der Waals surface area contributed by atoms with E-state index in [1.807, 2.05) is 29.1 Å². The number of thiazole rings is 1. The van der Waals surface area contributed by atoms with Gasteiger partial charge in [0, 0.05) is 30.9 Å². The van der Waals surface area contributed by atoms with Gasteiger partial charge in [0.2, 0.25) is 15.9 Å². The summed E-state index contributed by atoms with van der Waals surface area (Å²) >= 11 is 1.50. The third-order valence-corrected chi connectivity index (χ3v) is 5.80. The van der Waals surface area contributed by atoms with Gasteiger partial charge in [-0.25, -0.2) is 18.1 Å². The van der Waals surface area contributed by atoms with Crippen LogP contribution in [0.3, 0.4) is 0 Å². The number of aryl methyl sites for hydroxylation is 1. The number of rotatable bonds is 7. The van der Waals surface area contributed by atoms with Gasteiger partial charge in [-0.1, -0.05) is 17.7 Å². The Balaban J connectivity index is 1.45. The zero-order valence-electron chi connectivity index (χ0n) is 13.6. The topological polar surface area (TPSA) is 92.6 Å². The number of amides is 1. The fraction of sp³-hybridized carbons (Fsp3) is 0.250. The number of carbonyl (C=O) groups excluding carboxylic acids is 1. The Morgan fingerprint density at radius 2 is 2.00 bits per heavy atom. The van der Waals surface area contributed by atoms with Crippen molar-refractivity contribution in [2.45, 2.75) is 18.2 Å². The fourth-order valence-electron chi connectivity index (χ4n) is 2.28. The normalized spacial score (nSPS) is 11.7. The van der Waals surface area contributed by atoms with Crippen molar-refractivity contribution in [3.8, 4) is 0 Å². The van der Waals surface area contributed by atoms with Gasteiger partial charge in [0.1, 0.15) is 0 Å². The van der Waals surface area contributed by atoms with Crippen molar-refractivity contribution in [1.82, 2.24) is 19.4 Å². The van der Waals surface area contributed by atoms with Crippen LogP contribution in [0, 0.1) is 6.92 Å². The van der Waals surface area contributed by atoms with Crippen LogP contribution in [-0.4, -0.2) is 36.8 Å². The average molecular weight is 378 g/mol. The van der Waals surface area contributed by atoms with Crippen molar-refractivity contribution in [1.29, 1.82) is 0 Å². The number of hydrogen-bond donors (Lipinski definition) is 2. The Hall–Kier alpha value is -2.23. The summed E-state index contributed by atoms with van der Waals surface area (Å²) in [6.07, 6.45) is 3.86. The minimum atomic E-state index is -3.56. The van der Waals surface area contributed by atoms with Gasteiger partial charge in [-0.2, -0.15) is 0 Å². The summed E-state index contributed by atoms with van der Waals surface area (Å²) in [5.74, 6) is -0.194. The van der Waals surface area contributed by atoms with Gasteiger partial charge in [-0.15, -0.1) is 11.3 Å². The molecule has 3 aromatic rings. The van der Waals surface area contributed by atoms with Crippen LogP contribution in [0.15, 0.2) is 46.9 Å². The summed E-state index contributed by atoms with van der Waals surface area (Å²) in [5, 5.41) is 4.61. The zero-order valence-corrected chi connectivity index (χ0v) is 15.2. The summed E-state index contributed by atoms with van der Waals surface area (Å²) in [6.45, 7) is 2.23. The van der Waals surface area contributed by atoms with Crippen LogP contribution in [0.4, 0.5) is 0 Å². The molecule has 0 saturated carbocycles. The average Bonchev–Trinajstić information content (AvgIpc) is 3.13. The van der Waals surface area contributed by atoms with Crippen LogP contribution in [0.5, 0.6) is 0 Å². The van der Waals surface area contributed by atoms with Crippen molar-refractivity contribution in [3.63, 3.8) is 0 Å². The Morgan fingerprint density at radius 3 is 2.72 bits per heavy atom. The summed E-state index contributed by atoms with van der Waals surface area (Å²) in [5.41, 5.74) is 1.68. The smallest absolute Gasteiger partial charge is 0.240 e. The first-order chi connectivity index (χ1) is 11.9. The van der Waals surface area contributed by atoms with E-state index in [-0.39, 0.29) is 30.3 Å². The van der Waals surface area contributed by atoms with Crippen molar-refractivity contribution < 1.29 is 13.2 Å². The van der Waals surface area contributed by atoms with Crippen LogP contribution in [0.25, 0.3) is 4.96 Å². The molecule has 7 nitrogen and oxygen atoms in total. The molecule has 1 amide bonds. The van der Waals surface area contributed by atoms with E-state index in [4.69, 9.17) is 0 Å². The van der Waals surface area contributed by atoms with E-state index in [0.717, 1.165) is 10.5 Å². The lowest BCUT2D eigenvalue weighted by Gasteiger charge is -2.08. The van der Waals surface area contributed by atoms with Crippen LogP contribution in [-0.2, 0) is 21.2 Å². The number of benzene rings is 1. The van der Waals surface area contributed by atoms with Gasteiger partial charge in [0.25, 0.3) is 0 Å². The monoisotopic (exact) mass is 378 g/mol. The van der Waals surface area contributed by atoms with Crippen molar-refractivity contribution >= 4 is 32.2 Å². The standard InChI is InChI=1S/C16H18N4O3S2/c1-12-2-4-14(5-3-12)25(22,23)18-7-6-17-15(21)10-13-11-20-8-9-24-16(20)19-13/h2-5,8-9,11,18H,6-7,10H2,1H3,(H,17,21). The predicted molar refractivity (Wildman–Crippen MR) is 96.2 cm³/mol. The van der Waals surface area contributed by atoms with Crippen LogP contribution >= 0.6 is 11.3 Å². The first kappa shape index (κ1) is 17.6. The molecule has 2 heterocycles. The van der Waals surface area contributed by atoms with Crippen molar-refractivity contribution in [3.05, 3.63) is 53.3 Å². The number of hydrogen-bond acceptors (Lipinski definition) is 5. The summed E-state index contributed by atoms with van der Waals surface area (Å²) < 4.78 is 28.6. The Kier molecular flexibility index (Phi) is 5.16. The third kappa shape index (κ3) is 4.44. The van der Waals surface area contributed by atoms with E-state index < -0.39 is 10.0 Å². The molecule has 0 saturated heterocycles. The van der Waals surface area contributed by atoms with E-state index in [0.29, 0.717) is 5.69 Å². The Bertz CT molecular complexity index is 946. The van der Waals surface area contributed by atoms with Gasteiger partial charge < -0.3 is 5.32 Å². The van der Waals surface area contributed by atoms with Gasteiger partial charge in [0.15, 0.2) is 4.96 Å². The third-order valence-electron chi connectivity index (χ3n) is 3.56. The molecule has 0 fully saturated rings. The quantitative estimate of drug-likeness (QED) is 0.607. The van der Waals surface area contributed by atoms with Gasteiger partial charge in [-0.3, -0.25) is 9.20 Å². The van der Waals surface area contributed by atoms with E-state index in [2.05, 4.69) is 15.0 Å². The molecule has 1 aromatic carbocycles. The molecule has 2 aromatic heterocycles. The second kappa shape index (κ2) is 7.34. The molecule has 3 rings (SSSR count). The highest BCUT2D eigenvalue weighted by molar-refractivity contribution is 7.89. The second-order valence-electron chi connectivity index (χ2n) is 5.56. The molecule has 25 heavy (non-hydrogen) atoms. The number of imidazole rings is 1. The lowest BCUT2D eigenvalue weighted by molar-refractivity contribution is -0.120. The van der Waals surface area contributed by atoms with Gasteiger partial charge in [0.05, 0.1) is 17.0 Å². The summed E-state index contributed by atoms with van der Waals surface area (Å²) in [4.78, 5) is 17.3. The molecule has 132 valence electrons. The molecular weight excluding hydrogens is 360 g/mol. The molecule has 0 spiro atoms. The molecule has 2 N–H and O–H groups in total. The fourth-order valence-corrected chi connectivity index (χ4v) is 4.03. The molecule has 0 aliphatic carbocycles. The maximum Gasteiger partial charge on any atom is 0.240 e. The first-order valence-electron chi connectivity index (χ1n) is 7.68. The maximum atomic E-state index is 12.1. The molecule has 9 heteroatoms. The number of nitrogens with one attached hydrogen (secondary N) is 2. The van der Waals surface area contributed by atoms with E-state index in [1.54, 1.807) is 24.3 Å². The lowest BCUT2D eigenvalue weighted by atomic mass is 10.2. The summed E-state index contributed by atoms with van der Waals surface area (Å²) in [6, 6.07) is 6.60. The Morgan fingerprint density at radius 1 is 1.24 bits per heavy atom. The molecule has 0 radical (unpaired) electrons. The molecule has 0 aliphatic heterocycles. The Labute approximate surface area is 149 Å². The molecular formula is C16H18N4O3S2. The molecule has 0 bridgehead atoms. The molecule has 0 aliphatic rings. The summed E-state index contributed by atoms with van der Waals surface area (Å²) in [7, 11) is -3.56.